The van der Waals surface area contributed by atoms with Gasteiger partial charge >= 0.3 is 0 Å². The Labute approximate surface area is 137 Å². The Kier molecular flexibility index (Phi) is 4.71. The molecular weight excluding hydrogens is 288 g/mol. The number of aromatic nitrogens is 3. The molecule has 0 amide bonds. The van der Waals surface area contributed by atoms with E-state index in [1.165, 1.54) is 11.1 Å². The van der Waals surface area contributed by atoms with Crippen LogP contribution in [0.2, 0.25) is 0 Å². The Morgan fingerprint density at radius 1 is 1.35 bits per heavy atom. The Hall–Kier alpha value is -2.21. The second-order valence-corrected chi connectivity index (χ2v) is 6.37. The van der Waals surface area contributed by atoms with Crippen LogP contribution in [0, 0.1) is 6.92 Å². The van der Waals surface area contributed by atoms with Gasteiger partial charge in [-0.05, 0) is 30.5 Å². The summed E-state index contributed by atoms with van der Waals surface area (Å²) in [5.74, 6) is 1.63. The summed E-state index contributed by atoms with van der Waals surface area (Å²) in [6.07, 6.45) is 6.78. The third-order valence-corrected chi connectivity index (χ3v) is 4.01. The van der Waals surface area contributed by atoms with Gasteiger partial charge in [-0.15, -0.1) is 0 Å². The van der Waals surface area contributed by atoms with Crippen molar-refractivity contribution in [2.75, 3.05) is 37.4 Å². The first kappa shape index (κ1) is 15.7. The second-order valence-electron chi connectivity index (χ2n) is 6.37. The monoisotopic (exact) mass is 312 g/mol. The number of nitrogens with one attached hydrogen (secondary N) is 1. The molecular formula is C17H24N6. The van der Waals surface area contributed by atoms with Gasteiger partial charge < -0.3 is 10.2 Å². The summed E-state index contributed by atoms with van der Waals surface area (Å²) in [5.41, 5.74) is 2.50. The van der Waals surface area contributed by atoms with Crippen LogP contribution in [0.4, 0.5) is 11.8 Å². The first-order chi connectivity index (χ1) is 11.1. The van der Waals surface area contributed by atoms with Crippen LogP contribution in [-0.4, -0.2) is 53.1 Å². The molecule has 0 aliphatic carbocycles. The van der Waals surface area contributed by atoms with Crippen molar-refractivity contribution >= 4 is 11.8 Å². The molecule has 1 fully saturated rings. The van der Waals surface area contributed by atoms with Crippen LogP contribution < -0.4 is 10.2 Å². The number of hydrogen-bond acceptors (Lipinski definition) is 6. The van der Waals surface area contributed by atoms with Crippen LogP contribution in [0.15, 0.2) is 30.7 Å². The van der Waals surface area contributed by atoms with Gasteiger partial charge in [-0.3, -0.25) is 9.88 Å². The maximum absolute atomic E-state index is 4.53. The molecule has 2 aromatic heterocycles. The first-order valence-electron chi connectivity index (χ1n) is 8.00. The quantitative estimate of drug-likeness (QED) is 0.910. The van der Waals surface area contributed by atoms with Gasteiger partial charge in [0.2, 0.25) is 5.95 Å². The van der Waals surface area contributed by atoms with Gasteiger partial charge in [0.15, 0.2) is 0 Å². The van der Waals surface area contributed by atoms with E-state index in [0.29, 0.717) is 6.04 Å². The van der Waals surface area contributed by atoms with Crippen LogP contribution in [-0.2, 0) is 6.54 Å². The lowest BCUT2D eigenvalue weighted by Crippen LogP contribution is -2.26. The van der Waals surface area contributed by atoms with Crippen LogP contribution in [0.1, 0.15) is 17.5 Å². The molecule has 1 unspecified atom stereocenters. The molecule has 2 aromatic rings. The molecule has 1 aliphatic heterocycles. The van der Waals surface area contributed by atoms with E-state index in [-0.39, 0.29) is 0 Å². The van der Waals surface area contributed by atoms with E-state index in [4.69, 9.17) is 0 Å². The average molecular weight is 312 g/mol. The van der Waals surface area contributed by atoms with E-state index in [2.05, 4.69) is 38.2 Å². The molecule has 1 atom stereocenters. The fourth-order valence-corrected chi connectivity index (χ4v) is 2.91. The zero-order chi connectivity index (χ0) is 16.2. The minimum atomic E-state index is 0.428. The molecule has 1 N–H and O–H groups in total. The predicted octanol–water partition coefficient (Wildman–Crippen LogP) is 1.93. The molecule has 6 nitrogen and oxygen atoms in total. The Morgan fingerprint density at radius 2 is 2.22 bits per heavy atom. The minimum absolute atomic E-state index is 0.428. The van der Waals surface area contributed by atoms with Crippen molar-refractivity contribution in [1.82, 2.24) is 19.9 Å². The normalized spacial score (nSPS) is 18.1. The Bertz CT molecular complexity index is 657. The topological polar surface area (TPSA) is 57.2 Å². The molecule has 1 aliphatic rings. The van der Waals surface area contributed by atoms with Gasteiger partial charge in [0.1, 0.15) is 5.82 Å². The van der Waals surface area contributed by atoms with Gasteiger partial charge in [0, 0.05) is 58.4 Å². The molecule has 122 valence electrons. The molecule has 1 saturated heterocycles. The van der Waals surface area contributed by atoms with Crippen molar-refractivity contribution in [3.8, 4) is 0 Å². The summed E-state index contributed by atoms with van der Waals surface area (Å²) in [5, 5.41) is 3.53. The maximum Gasteiger partial charge on any atom is 0.226 e. The molecule has 0 bridgehead atoms. The lowest BCUT2D eigenvalue weighted by molar-refractivity contribution is 0.328. The predicted molar refractivity (Wildman–Crippen MR) is 92.6 cm³/mol. The summed E-state index contributed by atoms with van der Waals surface area (Å²) in [4.78, 5) is 17.4. The van der Waals surface area contributed by atoms with Gasteiger partial charge in [-0.25, -0.2) is 4.98 Å². The van der Waals surface area contributed by atoms with E-state index in [1.807, 2.05) is 37.5 Å². The van der Waals surface area contributed by atoms with Crippen molar-refractivity contribution in [3.05, 3.63) is 41.9 Å². The smallest absolute Gasteiger partial charge is 0.226 e. The third kappa shape index (κ3) is 4.16. The standard InChI is InChI=1S/C17H24N6/c1-13-8-14(10-18-9-13)11-23-7-5-15(12-23)20-16-4-6-19-17(21-16)22(2)3/h4,6,8-10,15H,5,7,11-12H2,1-3H3,(H,19,20,21). The minimum Gasteiger partial charge on any atom is -0.366 e. The number of aryl methyl sites for hydroxylation is 1. The molecule has 3 heterocycles. The van der Waals surface area contributed by atoms with Crippen molar-refractivity contribution in [1.29, 1.82) is 0 Å². The summed E-state index contributed by atoms with van der Waals surface area (Å²) >= 11 is 0. The van der Waals surface area contributed by atoms with Gasteiger partial charge in [-0.1, -0.05) is 6.07 Å². The van der Waals surface area contributed by atoms with E-state index >= 15 is 0 Å². The molecule has 0 spiro atoms. The van der Waals surface area contributed by atoms with Crippen LogP contribution >= 0.6 is 0 Å². The first-order valence-corrected chi connectivity index (χ1v) is 8.00. The van der Waals surface area contributed by atoms with Crippen LogP contribution in [0.25, 0.3) is 0 Å². The number of rotatable bonds is 5. The average Bonchev–Trinajstić information content (AvgIpc) is 2.94. The molecule has 3 rings (SSSR count). The van der Waals surface area contributed by atoms with Crippen LogP contribution in [0.3, 0.4) is 0 Å². The van der Waals surface area contributed by atoms with Crippen molar-refractivity contribution in [2.45, 2.75) is 25.9 Å². The van der Waals surface area contributed by atoms with Crippen LogP contribution in [0.5, 0.6) is 0 Å². The number of likely N-dealkylation sites (tertiary alicyclic amines) is 1. The lowest BCUT2D eigenvalue weighted by atomic mass is 10.2. The summed E-state index contributed by atoms with van der Waals surface area (Å²) in [6, 6.07) is 4.57. The highest BCUT2D eigenvalue weighted by Gasteiger charge is 2.22. The van der Waals surface area contributed by atoms with Crippen molar-refractivity contribution in [3.63, 3.8) is 0 Å². The Balaban J connectivity index is 1.56. The molecule has 0 radical (unpaired) electrons. The van der Waals surface area contributed by atoms with Crippen molar-refractivity contribution in [2.24, 2.45) is 0 Å². The number of pyridine rings is 1. The Morgan fingerprint density at radius 3 is 3.00 bits per heavy atom. The highest BCUT2D eigenvalue weighted by molar-refractivity contribution is 5.41. The lowest BCUT2D eigenvalue weighted by Gasteiger charge is -2.18. The molecule has 0 aromatic carbocycles. The third-order valence-electron chi connectivity index (χ3n) is 4.01. The zero-order valence-electron chi connectivity index (χ0n) is 14.0. The maximum atomic E-state index is 4.53. The van der Waals surface area contributed by atoms with E-state index < -0.39 is 0 Å². The fourth-order valence-electron chi connectivity index (χ4n) is 2.91. The van der Waals surface area contributed by atoms with Gasteiger partial charge in [0.25, 0.3) is 0 Å². The molecule has 0 saturated carbocycles. The summed E-state index contributed by atoms with van der Waals surface area (Å²) < 4.78 is 0. The fraction of sp³-hybridized carbons (Fsp3) is 0.471. The number of hydrogen-bond donors (Lipinski definition) is 1. The van der Waals surface area contributed by atoms with E-state index in [9.17, 15) is 0 Å². The largest absolute Gasteiger partial charge is 0.366 e. The zero-order valence-corrected chi connectivity index (χ0v) is 14.0. The van der Waals surface area contributed by atoms with Gasteiger partial charge in [-0.2, -0.15) is 4.98 Å². The summed E-state index contributed by atoms with van der Waals surface area (Å²) in [6.45, 7) is 5.16. The van der Waals surface area contributed by atoms with E-state index in [0.717, 1.165) is 37.8 Å². The highest BCUT2D eigenvalue weighted by atomic mass is 15.2. The van der Waals surface area contributed by atoms with Crippen molar-refractivity contribution < 1.29 is 0 Å². The second kappa shape index (κ2) is 6.91. The number of anilines is 2. The number of nitrogens with zero attached hydrogens (tertiary/aromatic N) is 5. The molecule has 6 heteroatoms. The molecule has 23 heavy (non-hydrogen) atoms. The SMILES string of the molecule is Cc1cncc(CN2CCC(Nc3ccnc(N(C)C)n3)C2)c1. The van der Waals surface area contributed by atoms with E-state index in [1.54, 1.807) is 6.20 Å². The van der Waals surface area contributed by atoms with Gasteiger partial charge in [0.05, 0.1) is 0 Å². The highest BCUT2D eigenvalue weighted by Crippen LogP contribution is 2.17. The summed E-state index contributed by atoms with van der Waals surface area (Å²) in [7, 11) is 3.90.